The van der Waals surface area contributed by atoms with Crippen LogP contribution >= 0.6 is 0 Å². The van der Waals surface area contributed by atoms with Gasteiger partial charge in [-0.15, -0.1) is 0 Å². The lowest BCUT2D eigenvalue weighted by atomic mass is 10.0. The molecule has 0 heterocycles. The Morgan fingerprint density at radius 3 is 2.35 bits per heavy atom. The number of amides is 1. The van der Waals surface area contributed by atoms with Gasteiger partial charge in [0.05, 0.1) is 13.7 Å². The third-order valence-electron chi connectivity index (χ3n) is 5.78. The first-order valence-electron chi connectivity index (χ1n) is 11.5. The molecule has 0 aliphatic heterocycles. The van der Waals surface area contributed by atoms with Crippen LogP contribution in [0.15, 0.2) is 89.8 Å². The maximum absolute atomic E-state index is 13.6. The summed E-state index contributed by atoms with van der Waals surface area (Å²) in [6.45, 7) is 0.798. The topological polar surface area (TPSA) is 82.1 Å². The molecule has 0 radical (unpaired) electrons. The number of benzene rings is 4. The third kappa shape index (κ3) is 6.07. The lowest BCUT2D eigenvalue weighted by Crippen LogP contribution is -2.33. The quantitative estimate of drug-likeness (QED) is 0.271. The molecule has 4 aromatic carbocycles. The number of methoxy groups -OCH3 is 2. The van der Waals surface area contributed by atoms with Crippen LogP contribution in [0, 0.1) is 5.82 Å². The van der Waals surface area contributed by atoms with Crippen LogP contribution in [0.4, 0.5) is 4.39 Å². The van der Waals surface area contributed by atoms with Crippen LogP contribution in [0.25, 0.3) is 10.8 Å². The van der Waals surface area contributed by atoms with E-state index in [2.05, 4.69) is 0 Å². The van der Waals surface area contributed by atoms with Crippen molar-refractivity contribution in [3.05, 3.63) is 102 Å². The Morgan fingerprint density at radius 1 is 0.892 bits per heavy atom. The van der Waals surface area contributed by atoms with E-state index in [1.54, 1.807) is 30.2 Å². The van der Waals surface area contributed by atoms with Gasteiger partial charge in [-0.05, 0) is 58.8 Å². The zero-order chi connectivity index (χ0) is 26.4. The minimum absolute atomic E-state index is 0.0476. The van der Waals surface area contributed by atoms with Crippen molar-refractivity contribution in [1.82, 2.24) is 4.90 Å². The number of rotatable bonds is 10. The number of hydrogen-bond donors (Lipinski definition) is 0. The van der Waals surface area contributed by atoms with Crippen molar-refractivity contribution >= 4 is 26.8 Å². The number of ether oxygens (including phenoxy) is 2. The molecule has 4 rings (SSSR count). The third-order valence-corrected chi connectivity index (χ3v) is 7.02. The van der Waals surface area contributed by atoms with Crippen molar-refractivity contribution in [3.63, 3.8) is 0 Å². The number of halogens is 1. The van der Waals surface area contributed by atoms with Crippen molar-refractivity contribution in [2.24, 2.45) is 0 Å². The fraction of sp³-hybridized carbons (Fsp3) is 0.179. The summed E-state index contributed by atoms with van der Waals surface area (Å²) in [5, 5.41) is 1.78. The molecule has 0 fully saturated rings. The SMILES string of the molecule is COCCN(Cc1ccc(OC)c(OS(=O)(=O)c2ccc(F)cc2)c1)C(=O)c1cccc2ccccc12. The Balaban J connectivity index is 1.64. The Bertz CT molecular complexity index is 1500. The Kier molecular flexibility index (Phi) is 8.05. The van der Waals surface area contributed by atoms with Crippen molar-refractivity contribution < 1.29 is 31.3 Å². The van der Waals surface area contributed by atoms with Gasteiger partial charge in [0.2, 0.25) is 0 Å². The van der Waals surface area contributed by atoms with E-state index < -0.39 is 15.9 Å². The van der Waals surface area contributed by atoms with E-state index >= 15 is 0 Å². The average molecular weight is 524 g/mol. The summed E-state index contributed by atoms with van der Waals surface area (Å²) in [6, 6.07) is 22.3. The smallest absolute Gasteiger partial charge is 0.339 e. The fourth-order valence-corrected chi connectivity index (χ4v) is 4.84. The number of hydrogen-bond acceptors (Lipinski definition) is 6. The summed E-state index contributed by atoms with van der Waals surface area (Å²) in [4.78, 5) is 15.0. The molecule has 7 nitrogen and oxygen atoms in total. The van der Waals surface area contributed by atoms with Crippen LogP contribution in [0.3, 0.4) is 0 Å². The number of nitrogens with zero attached hydrogens (tertiary/aromatic N) is 1. The summed E-state index contributed by atoms with van der Waals surface area (Å²) in [5.41, 5.74) is 1.17. The van der Waals surface area contributed by atoms with Gasteiger partial charge in [0.1, 0.15) is 10.7 Å². The molecule has 0 atom stereocenters. The summed E-state index contributed by atoms with van der Waals surface area (Å²) in [5.74, 6) is -0.608. The molecular formula is C28H26FNO6S. The molecule has 9 heteroatoms. The molecule has 4 aromatic rings. The molecule has 0 aliphatic carbocycles. The predicted octanol–water partition coefficient (Wildman–Crippen LogP) is 5.04. The molecule has 0 spiro atoms. The van der Waals surface area contributed by atoms with Crippen LogP contribution in [-0.2, 0) is 21.4 Å². The highest BCUT2D eigenvalue weighted by Gasteiger charge is 2.22. The summed E-state index contributed by atoms with van der Waals surface area (Å²) in [6.07, 6.45) is 0. The van der Waals surface area contributed by atoms with Gasteiger partial charge in [0, 0.05) is 25.8 Å². The highest BCUT2D eigenvalue weighted by molar-refractivity contribution is 7.87. The summed E-state index contributed by atoms with van der Waals surface area (Å²) < 4.78 is 54.7. The number of carbonyl (C=O) groups excluding carboxylic acids is 1. The molecule has 0 saturated carbocycles. The number of fused-ring (bicyclic) bond motifs is 1. The zero-order valence-corrected chi connectivity index (χ0v) is 21.2. The first-order valence-corrected chi connectivity index (χ1v) is 12.9. The van der Waals surface area contributed by atoms with Gasteiger partial charge in [0.15, 0.2) is 11.5 Å². The molecule has 192 valence electrons. The molecule has 1 amide bonds. The minimum atomic E-state index is -4.25. The van der Waals surface area contributed by atoms with E-state index in [1.165, 1.54) is 13.2 Å². The lowest BCUT2D eigenvalue weighted by Gasteiger charge is -2.24. The van der Waals surface area contributed by atoms with Crippen molar-refractivity contribution in [3.8, 4) is 11.5 Å². The highest BCUT2D eigenvalue weighted by atomic mass is 32.2. The monoisotopic (exact) mass is 523 g/mol. The Hall–Kier alpha value is -3.95. The fourth-order valence-electron chi connectivity index (χ4n) is 3.91. The second kappa shape index (κ2) is 11.4. The average Bonchev–Trinajstić information content (AvgIpc) is 2.90. The molecule has 37 heavy (non-hydrogen) atoms. The number of carbonyl (C=O) groups is 1. The van der Waals surface area contributed by atoms with Gasteiger partial charge in [-0.25, -0.2) is 4.39 Å². The minimum Gasteiger partial charge on any atom is -0.493 e. The second-order valence-electron chi connectivity index (χ2n) is 8.22. The van der Waals surface area contributed by atoms with Crippen molar-refractivity contribution in [2.45, 2.75) is 11.4 Å². The molecule has 0 N–H and O–H groups in total. The molecule has 0 aliphatic rings. The second-order valence-corrected chi connectivity index (χ2v) is 9.77. The normalized spacial score (nSPS) is 11.3. The largest absolute Gasteiger partial charge is 0.493 e. The van der Waals surface area contributed by atoms with Crippen molar-refractivity contribution in [1.29, 1.82) is 0 Å². The van der Waals surface area contributed by atoms with Gasteiger partial charge < -0.3 is 18.6 Å². The van der Waals surface area contributed by atoms with E-state index in [0.717, 1.165) is 35.0 Å². The maximum Gasteiger partial charge on any atom is 0.339 e. The first kappa shape index (κ1) is 26.1. The van der Waals surface area contributed by atoms with Crippen LogP contribution in [-0.4, -0.2) is 46.6 Å². The van der Waals surface area contributed by atoms with Crippen LogP contribution in [0.1, 0.15) is 15.9 Å². The predicted molar refractivity (Wildman–Crippen MR) is 138 cm³/mol. The Labute approximate surface area is 215 Å². The van der Waals surface area contributed by atoms with E-state index in [4.69, 9.17) is 13.7 Å². The van der Waals surface area contributed by atoms with Gasteiger partial charge in [-0.2, -0.15) is 8.42 Å². The van der Waals surface area contributed by atoms with Crippen molar-refractivity contribution in [2.75, 3.05) is 27.4 Å². The van der Waals surface area contributed by atoms with Crippen LogP contribution < -0.4 is 8.92 Å². The van der Waals surface area contributed by atoms with Gasteiger partial charge in [0.25, 0.3) is 5.91 Å². The zero-order valence-electron chi connectivity index (χ0n) is 20.4. The van der Waals surface area contributed by atoms with Crippen LogP contribution in [0.5, 0.6) is 11.5 Å². The Morgan fingerprint density at radius 2 is 1.62 bits per heavy atom. The summed E-state index contributed by atoms with van der Waals surface area (Å²) in [7, 11) is -1.31. The first-order chi connectivity index (χ1) is 17.8. The van der Waals surface area contributed by atoms with Gasteiger partial charge in [-0.3, -0.25) is 4.79 Å². The van der Waals surface area contributed by atoms with E-state index in [-0.39, 0.29) is 28.8 Å². The standard InChI is InChI=1S/C28H26FNO6S/c1-34-17-16-30(28(31)25-9-5-7-21-6-3-4-8-24(21)25)19-20-10-15-26(35-2)27(18-20)36-37(32,33)23-13-11-22(29)12-14-23/h3-15,18H,16-17,19H2,1-2H3. The molecule has 0 saturated heterocycles. The lowest BCUT2D eigenvalue weighted by molar-refractivity contribution is 0.0682. The molecular weight excluding hydrogens is 497 g/mol. The molecule has 0 unspecified atom stereocenters. The highest BCUT2D eigenvalue weighted by Crippen LogP contribution is 2.32. The van der Waals surface area contributed by atoms with E-state index in [1.807, 2.05) is 36.4 Å². The van der Waals surface area contributed by atoms with E-state index in [9.17, 15) is 17.6 Å². The molecule has 0 aromatic heterocycles. The summed E-state index contributed by atoms with van der Waals surface area (Å²) >= 11 is 0. The van der Waals surface area contributed by atoms with Crippen LogP contribution in [0.2, 0.25) is 0 Å². The van der Waals surface area contributed by atoms with Gasteiger partial charge >= 0.3 is 10.1 Å². The molecule has 0 bridgehead atoms. The van der Waals surface area contributed by atoms with E-state index in [0.29, 0.717) is 24.3 Å². The maximum atomic E-state index is 13.6. The van der Waals surface area contributed by atoms with Gasteiger partial charge in [-0.1, -0.05) is 42.5 Å².